The zero-order valence-electron chi connectivity index (χ0n) is 22.4. The zero-order valence-corrected chi connectivity index (χ0v) is 23.1. The van der Waals surface area contributed by atoms with Crippen molar-refractivity contribution >= 4 is 23.3 Å². The van der Waals surface area contributed by atoms with Crippen LogP contribution >= 0.6 is 11.6 Å². The number of amidine groups is 1. The summed E-state index contributed by atoms with van der Waals surface area (Å²) >= 11 is 6.62. The second-order valence-corrected chi connectivity index (χ2v) is 11.3. The van der Waals surface area contributed by atoms with Gasteiger partial charge >= 0.3 is 0 Å². The summed E-state index contributed by atoms with van der Waals surface area (Å²) in [7, 11) is 0. The van der Waals surface area contributed by atoms with Crippen LogP contribution in [-0.2, 0) is 24.4 Å². The van der Waals surface area contributed by atoms with E-state index >= 15 is 0 Å². The molecule has 218 valence electrons. The van der Waals surface area contributed by atoms with E-state index in [1.54, 1.807) is 6.20 Å². The molecule has 0 bridgehead atoms. The van der Waals surface area contributed by atoms with E-state index < -0.39 is 12.0 Å². The van der Waals surface area contributed by atoms with Crippen molar-refractivity contribution in [3.63, 3.8) is 0 Å². The van der Waals surface area contributed by atoms with Crippen molar-refractivity contribution in [3.8, 4) is 5.75 Å². The second kappa shape index (κ2) is 12.8. The van der Waals surface area contributed by atoms with Gasteiger partial charge in [-0.25, -0.2) is 13.8 Å². The number of benzene rings is 1. The van der Waals surface area contributed by atoms with Gasteiger partial charge in [0.15, 0.2) is 12.2 Å². The number of amides is 1. The van der Waals surface area contributed by atoms with E-state index in [1.807, 2.05) is 12.1 Å². The van der Waals surface area contributed by atoms with Crippen molar-refractivity contribution in [2.24, 2.45) is 10.9 Å². The van der Waals surface area contributed by atoms with Crippen molar-refractivity contribution in [2.75, 3.05) is 26.2 Å². The third-order valence-electron chi connectivity index (χ3n) is 7.81. The molecule has 0 radical (unpaired) electrons. The molecule has 3 N–H and O–H groups in total. The summed E-state index contributed by atoms with van der Waals surface area (Å²) in [5, 5.41) is 17.3. The molecule has 1 aromatic carbocycles. The number of alkyl halides is 2. The largest absolute Gasteiger partial charge is 0.484 e. The van der Waals surface area contributed by atoms with Crippen LogP contribution in [0.5, 0.6) is 5.75 Å². The van der Waals surface area contributed by atoms with E-state index in [1.165, 1.54) is 6.39 Å². The number of aliphatic imine (C=N–C) groups is 1. The molecule has 3 heterocycles. The number of β-amino-alcohol motifs (C(OH)–C–C–N with tert-alkyl or cyclic N) is 1. The lowest BCUT2D eigenvalue weighted by Crippen LogP contribution is -2.46. The first kappa shape index (κ1) is 28.8. The molecular formula is C28H36ClF2N5O4. The minimum atomic E-state index is -2.64. The van der Waals surface area contributed by atoms with Crippen LogP contribution in [0.4, 0.5) is 8.78 Å². The van der Waals surface area contributed by atoms with Gasteiger partial charge in [0.05, 0.1) is 23.2 Å². The fourth-order valence-corrected chi connectivity index (χ4v) is 6.05. The highest BCUT2D eigenvalue weighted by molar-refractivity contribution is 6.33. The summed E-state index contributed by atoms with van der Waals surface area (Å²) in [6.07, 6.45) is 4.84. The standard InChI is InChI=1S/C28H36ClF2N5O4/c29-26-23-6-9-36(14-19(23)3-4-24(26)39-16-22-13-32-17-40-22)15-21(37)12-34-27(38)18-5-8-33-25(10-18)35-20-2-1-7-28(30,31)11-20/h3-4,13,17-18,20-21,37H,1-2,5-12,14-16H2,(H,33,35)(H,34,38)/t18?,20?,21-/m0/s1. The Morgan fingerprint density at radius 2 is 2.23 bits per heavy atom. The zero-order chi connectivity index (χ0) is 28.1. The van der Waals surface area contributed by atoms with Crippen molar-refractivity contribution < 1.29 is 27.8 Å². The molecule has 1 aromatic heterocycles. The van der Waals surface area contributed by atoms with Crippen molar-refractivity contribution in [1.29, 1.82) is 0 Å². The maximum atomic E-state index is 13.8. The molecule has 3 aliphatic rings. The van der Waals surface area contributed by atoms with Crippen LogP contribution in [0.3, 0.4) is 0 Å². The lowest BCUT2D eigenvalue weighted by atomic mass is 9.91. The fourth-order valence-electron chi connectivity index (χ4n) is 5.72. The van der Waals surface area contributed by atoms with Gasteiger partial charge in [-0.3, -0.25) is 14.7 Å². The Hall–Kier alpha value is -2.76. The molecule has 1 saturated carbocycles. The normalized spacial score (nSPS) is 23.6. The summed E-state index contributed by atoms with van der Waals surface area (Å²) in [4.78, 5) is 23.3. The van der Waals surface area contributed by atoms with Crippen LogP contribution in [0.1, 0.15) is 55.4 Å². The Balaban J connectivity index is 1.05. The molecule has 1 fully saturated rings. The van der Waals surface area contributed by atoms with Gasteiger partial charge < -0.3 is 24.9 Å². The fraction of sp³-hybridized carbons (Fsp3) is 0.607. The lowest BCUT2D eigenvalue weighted by Gasteiger charge is -2.32. The van der Waals surface area contributed by atoms with E-state index in [0.717, 1.165) is 24.1 Å². The van der Waals surface area contributed by atoms with Crippen LogP contribution in [0.2, 0.25) is 5.02 Å². The van der Waals surface area contributed by atoms with Crippen LogP contribution in [0.15, 0.2) is 34.1 Å². The van der Waals surface area contributed by atoms with Gasteiger partial charge in [-0.2, -0.15) is 0 Å². The van der Waals surface area contributed by atoms with Gasteiger partial charge in [0.2, 0.25) is 11.8 Å². The maximum absolute atomic E-state index is 13.8. The minimum Gasteiger partial charge on any atom is -0.484 e. The average Bonchev–Trinajstić information content (AvgIpc) is 3.45. The van der Waals surface area contributed by atoms with E-state index in [2.05, 4.69) is 25.5 Å². The quantitative estimate of drug-likeness (QED) is 0.415. The van der Waals surface area contributed by atoms with Crippen LogP contribution in [0.25, 0.3) is 0 Å². The first-order valence-electron chi connectivity index (χ1n) is 13.9. The molecule has 12 heteroatoms. The maximum Gasteiger partial charge on any atom is 0.250 e. The number of hydrogen-bond acceptors (Lipinski definition) is 8. The number of carbonyl (C=O) groups excluding carboxylic acids is 1. The third kappa shape index (κ3) is 7.50. The molecule has 0 saturated heterocycles. The highest BCUT2D eigenvalue weighted by Crippen LogP contribution is 2.35. The first-order valence-corrected chi connectivity index (χ1v) is 14.3. The molecule has 2 unspecified atom stereocenters. The number of fused-ring (bicyclic) bond motifs is 1. The highest BCUT2D eigenvalue weighted by Gasteiger charge is 2.37. The molecular weight excluding hydrogens is 544 g/mol. The number of ether oxygens (including phenoxy) is 1. The minimum absolute atomic E-state index is 0.0655. The number of oxazole rings is 1. The Morgan fingerprint density at radius 1 is 1.35 bits per heavy atom. The van der Waals surface area contributed by atoms with E-state index in [4.69, 9.17) is 20.8 Å². The number of halogens is 3. The van der Waals surface area contributed by atoms with E-state index in [-0.39, 0.29) is 43.9 Å². The first-order chi connectivity index (χ1) is 19.3. The van der Waals surface area contributed by atoms with Gasteiger partial charge in [0, 0.05) is 63.9 Å². The number of aliphatic hydroxyl groups excluding tert-OH is 1. The van der Waals surface area contributed by atoms with Gasteiger partial charge in [-0.15, -0.1) is 0 Å². The summed E-state index contributed by atoms with van der Waals surface area (Å²) in [5.41, 5.74) is 2.12. The van der Waals surface area contributed by atoms with Crippen molar-refractivity contribution in [3.05, 3.63) is 46.6 Å². The number of aliphatic hydroxyl groups is 1. The van der Waals surface area contributed by atoms with Crippen molar-refractivity contribution in [2.45, 2.75) is 76.2 Å². The van der Waals surface area contributed by atoms with Gasteiger partial charge in [0.25, 0.3) is 0 Å². The molecule has 9 nitrogen and oxygen atoms in total. The van der Waals surface area contributed by atoms with Crippen LogP contribution < -0.4 is 15.4 Å². The van der Waals surface area contributed by atoms with Gasteiger partial charge in [0.1, 0.15) is 12.4 Å². The van der Waals surface area contributed by atoms with Crippen LogP contribution in [-0.4, -0.2) is 71.0 Å². The highest BCUT2D eigenvalue weighted by atomic mass is 35.5. The molecule has 5 rings (SSSR count). The van der Waals surface area contributed by atoms with Gasteiger partial charge in [-0.1, -0.05) is 17.7 Å². The Labute approximate surface area is 237 Å². The number of hydrogen-bond donors (Lipinski definition) is 3. The summed E-state index contributed by atoms with van der Waals surface area (Å²) in [5.74, 6) is -1.24. The monoisotopic (exact) mass is 579 g/mol. The summed E-state index contributed by atoms with van der Waals surface area (Å²) in [6.45, 7) is 2.63. The molecule has 2 aliphatic heterocycles. The Kier molecular flexibility index (Phi) is 9.22. The molecule has 1 amide bonds. The van der Waals surface area contributed by atoms with Crippen molar-refractivity contribution in [1.82, 2.24) is 20.5 Å². The Bertz CT molecular complexity index is 1200. The van der Waals surface area contributed by atoms with E-state index in [9.17, 15) is 18.7 Å². The number of nitrogens with one attached hydrogen (secondary N) is 2. The number of carbonyl (C=O) groups is 1. The third-order valence-corrected chi connectivity index (χ3v) is 8.23. The number of nitrogens with zero attached hydrogens (tertiary/aromatic N) is 3. The predicted molar refractivity (Wildman–Crippen MR) is 146 cm³/mol. The SMILES string of the molecule is O=C(NC[C@H](O)CN1CCc2c(ccc(OCc3cnco3)c2Cl)C1)C1CCN=C(NC2CCCC(F)(F)C2)C1. The van der Waals surface area contributed by atoms with Crippen LogP contribution in [0, 0.1) is 5.92 Å². The predicted octanol–water partition coefficient (Wildman–Crippen LogP) is 3.72. The topological polar surface area (TPSA) is 112 Å². The molecule has 2 aromatic rings. The lowest BCUT2D eigenvalue weighted by molar-refractivity contribution is -0.125. The second-order valence-electron chi connectivity index (χ2n) is 11.0. The average molecular weight is 580 g/mol. The smallest absolute Gasteiger partial charge is 0.250 e. The van der Waals surface area contributed by atoms with E-state index in [0.29, 0.717) is 67.7 Å². The molecule has 40 heavy (non-hydrogen) atoms. The summed E-state index contributed by atoms with van der Waals surface area (Å²) in [6, 6.07) is 3.52. The summed E-state index contributed by atoms with van der Waals surface area (Å²) < 4.78 is 38.5. The molecule has 1 aliphatic carbocycles. The Morgan fingerprint density at radius 3 is 3.02 bits per heavy atom. The molecule has 3 atom stereocenters. The number of aromatic nitrogens is 1. The molecule has 0 spiro atoms. The van der Waals surface area contributed by atoms with Gasteiger partial charge in [-0.05, 0) is 42.9 Å². The number of rotatable bonds is 9.